The highest BCUT2D eigenvalue weighted by Gasteiger charge is 2.20. The van der Waals surface area contributed by atoms with Gasteiger partial charge in [-0.3, -0.25) is 4.79 Å². The lowest BCUT2D eigenvalue weighted by Gasteiger charge is -2.17. The van der Waals surface area contributed by atoms with Crippen molar-refractivity contribution in [1.82, 2.24) is 5.32 Å². The highest BCUT2D eigenvalue weighted by molar-refractivity contribution is 5.83. The molecule has 1 rings (SSSR count). The molecule has 0 spiro atoms. The van der Waals surface area contributed by atoms with E-state index in [9.17, 15) is 14.0 Å². The van der Waals surface area contributed by atoms with Crippen molar-refractivity contribution in [3.63, 3.8) is 0 Å². The summed E-state index contributed by atoms with van der Waals surface area (Å²) in [4.78, 5) is 22.5. The number of nitrogens with one attached hydrogen (secondary N) is 2. The number of amides is 1. The van der Waals surface area contributed by atoms with Gasteiger partial charge in [0, 0.05) is 24.7 Å². The van der Waals surface area contributed by atoms with Gasteiger partial charge in [-0.15, -0.1) is 0 Å². The summed E-state index contributed by atoms with van der Waals surface area (Å²) in [6, 6.07) is 3.80. The van der Waals surface area contributed by atoms with Crippen molar-refractivity contribution in [2.75, 3.05) is 19.0 Å². The molecule has 2 N–H and O–H groups in total. The molecule has 5 nitrogen and oxygen atoms in total. The van der Waals surface area contributed by atoms with Crippen LogP contribution in [0, 0.1) is 12.7 Å². The number of rotatable bonds is 5. The van der Waals surface area contributed by atoms with E-state index in [1.807, 2.05) is 0 Å². The van der Waals surface area contributed by atoms with Crippen molar-refractivity contribution in [2.24, 2.45) is 0 Å². The van der Waals surface area contributed by atoms with E-state index < -0.39 is 12.0 Å². The molecule has 0 aromatic heterocycles. The second-order valence-corrected chi connectivity index (χ2v) is 4.07. The quantitative estimate of drug-likeness (QED) is 0.788. The van der Waals surface area contributed by atoms with Gasteiger partial charge in [-0.2, -0.15) is 0 Å². The Morgan fingerprint density at radius 1 is 1.42 bits per heavy atom. The number of halogens is 1. The van der Waals surface area contributed by atoms with Crippen LogP contribution in [0.4, 0.5) is 10.1 Å². The molecule has 0 saturated carbocycles. The zero-order valence-corrected chi connectivity index (χ0v) is 11.1. The number of esters is 1. The maximum atomic E-state index is 13.3. The summed E-state index contributed by atoms with van der Waals surface area (Å²) >= 11 is 0. The highest BCUT2D eigenvalue weighted by Crippen LogP contribution is 2.17. The Hall–Kier alpha value is -2.11. The normalized spacial score (nSPS) is 11.6. The number of hydrogen-bond acceptors (Lipinski definition) is 4. The third-order valence-corrected chi connectivity index (χ3v) is 2.63. The first-order valence-corrected chi connectivity index (χ1v) is 5.79. The van der Waals surface area contributed by atoms with Crippen molar-refractivity contribution in [1.29, 1.82) is 0 Å². The van der Waals surface area contributed by atoms with Gasteiger partial charge in [-0.25, -0.2) is 9.18 Å². The van der Waals surface area contributed by atoms with Gasteiger partial charge in [0.2, 0.25) is 5.91 Å². The van der Waals surface area contributed by atoms with Crippen LogP contribution in [0.25, 0.3) is 0 Å². The van der Waals surface area contributed by atoms with Crippen LogP contribution in [-0.2, 0) is 14.3 Å². The van der Waals surface area contributed by atoms with Crippen LogP contribution < -0.4 is 10.6 Å². The summed E-state index contributed by atoms with van der Waals surface area (Å²) in [5, 5.41) is 5.38. The van der Waals surface area contributed by atoms with Crippen molar-refractivity contribution in [2.45, 2.75) is 19.9 Å². The maximum Gasteiger partial charge on any atom is 0.330 e. The lowest BCUT2D eigenvalue weighted by Crippen LogP contribution is -2.45. The fraction of sp³-hybridized carbons (Fsp3) is 0.385. The molecule has 1 unspecified atom stereocenters. The Kier molecular flexibility index (Phi) is 5.29. The lowest BCUT2D eigenvalue weighted by molar-refractivity contribution is -0.144. The molecule has 0 aliphatic rings. The van der Waals surface area contributed by atoms with Gasteiger partial charge in [0.25, 0.3) is 0 Å². The summed E-state index contributed by atoms with van der Waals surface area (Å²) in [6.07, 6.45) is 0. The molecule has 0 heterocycles. The van der Waals surface area contributed by atoms with E-state index in [4.69, 9.17) is 0 Å². The van der Waals surface area contributed by atoms with E-state index >= 15 is 0 Å². The fourth-order valence-electron chi connectivity index (χ4n) is 1.59. The molecule has 1 aromatic carbocycles. The largest absolute Gasteiger partial charge is 0.467 e. The first-order chi connectivity index (χ1) is 8.95. The van der Waals surface area contributed by atoms with E-state index in [0.717, 1.165) is 0 Å². The van der Waals surface area contributed by atoms with E-state index in [1.54, 1.807) is 19.1 Å². The average molecular weight is 268 g/mol. The molecule has 19 heavy (non-hydrogen) atoms. The molecule has 104 valence electrons. The van der Waals surface area contributed by atoms with Crippen LogP contribution in [0.15, 0.2) is 18.2 Å². The minimum absolute atomic E-state index is 0.122. The van der Waals surface area contributed by atoms with Gasteiger partial charge >= 0.3 is 5.97 Å². The van der Waals surface area contributed by atoms with E-state index in [-0.39, 0.29) is 18.3 Å². The Morgan fingerprint density at radius 3 is 2.68 bits per heavy atom. The van der Waals surface area contributed by atoms with E-state index in [0.29, 0.717) is 11.3 Å². The van der Waals surface area contributed by atoms with Gasteiger partial charge in [0.15, 0.2) is 0 Å². The molecule has 1 atom stereocenters. The molecule has 0 saturated heterocycles. The van der Waals surface area contributed by atoms with Crippen molar-refractivity contribution in [3.05, 3.63) is 29.6 Å². The smallest absolute Gasteiger partial charge is 0.330 e. The summed E-state index contributed by atoms with van der Waals surface area (Å²) in [5.74, 6) is -1.23. The molecular weight excluding hydrogens is 251 g/mol. The average Bonchev–Trinajstić information content (AvgIpc) is 2.37. The predicted octanol–water partition coefficient (Wildman–Crippen LogP) is 1.22. The number of methoxy groups -OCH3 is 1. The van der Waals surface area contributed by atoms with Gasteiger partial charge in [-0.05, 0) is 19.1 Å². The predicted molar refractivity (Wildman–Crippen MR) is 69.2 cm³/mol. The maximum absolute atomic E-state index is 13.3. The Labute approximate surface area is 111 Å². The van der Waals surface area contributed by atoms with Gasteiger partial charge in [0.1, 0.15) is 11.9 Å². The fourth-order valence-corrected chi connectivity index (χ4v) is 1.59. The number of carbonyl (C=O) groups is 2. The molecular formula is C13H17FN2O3. The van der Waals surface area contributed by atoms with Crippen LogP contribution in [0.3, 0.4) is 0 Å². The minimum atomic E-state index is -0.815. The van der Waals surface area contributed by atoms with Crippen molar-refractivity contribution < 1.29 is 18.7 Å². The molecule has 0 aliphatic carbocycles. The zero-order valence-electron chi connectivity index (χ0n) is 11.1. The van der Waals surface area contributed by atoms with Crippen LogP contribution in [0.1, 0.15) is 12.5 Å². The van der Waals surface area contributed by atoms with Crippen molar-refractivity contribution >= 4 is 17.6 Å². The van der Waals surface area contributed by atoms with Gasteiger partial charge in [0.05, 0.1) is 7.11 Å². The zero-order chi connectivity index (χ0) is 14.4. The third-order valence-electron chi connectivity index (χ3n) is 2.63. The molecule has 0 bridgehead atoms. The van der Waals surface area contributed by atoms with Crippen LogP contribution in [-0.4, -0.2) is 31.6 Å². The first kappa shape index (κ1) is 14.9. The Morgan fingerprint density at radius 2 is 2.11 bits per heavy atom. The summed E-state index contributed by atoms with van der Waals surface area (Å²) < 4.78 is 17.9. The van der Waals surface area contributed by atoms with Gasteiger partial charge < -0.3 is 15.4 Å². The number of anilines is 1. The molecule has 0 radical (unpaired) electrons. The summed E-state index contributed by atoms with van der Waals surface area (Å²) in [7, 11) is 1.24. The van der Waals surface area contributed by atoms with Crippen LogP contribution in [0.2, 0.25) is 0 Å². The van der Waals surface area contributed by atoms with E-state index in [2.05, 4.69) is 15.4 Å². The molecule has 0 fully saturated rings. The number of carbonyl (C=O) groups excluding carboxylic acids is 2. The number of ether oxygens (including phenoxy) is 1. The first-order valence-electron chi connectivity index (χ1n) is 5.79. The molecule has 1 amide bonds. The topological polar surface area (TPSA) is 67.4 Å². The van der Waals surface area contributed by atoms with E-state index in [1.165, 1.54) is 20.1 Å². The second kappa shape index (κ2) is 6.72. The highest BCUT2D eigenvalue weighted by atomic mass is 19.1. The van der Waals surface area contributed by atoms with Crippen LogP contribution in [0.5, 0.6) is 0 Å². The monoisotopic (exact) mass is 268 g/mol. The van der Waals surface area contributed by atoms with Gasteiger partial charge in [-0.1, -0.05) is 6.07 Å². The van der Waals surface area contributed by atoms with Crippen molar-refractivity contribution in [3.8, 4) is 0 Å². The molecule has 0 aliphatic heterocycles. The number of hydrogen-bond donors (Lipinski definition) is 2. The number of benzene rings is 1. The van der Waals surface area contributed by atoms with Crippen LogP contribution >= 0.6 is 0 Å². The molecule has 1 aromatic rings. The lowest BCUT2D eigenvalue weighted by atomic mass is 10.2. The minimum Gasteiger partial charge on any atom is -0.467 e. The Bertz CT molecular complexity index is 477. The SMILES string of the molecule is COC(=O)C(CNc1cccc(F)c1C)NC(C)=O. The third kappa shape index (κ3) is 4.24. The molecule has 6 heteroatoms. The summed E-state index contributed by atoms with van der Waals surface area (Å²) in [6.45, 7) is 3.06. The summed E-state index contributed by atoms with van der Waals surface area (Å²) in [5.41, 5.74) is 1.02. The Balaban J connectivity index is 2.73. The second-order valence-electron chi connectivity index (χ2n) is 4.07. The standard InChI is InChI=1S/C13H17FN2O3/c1-8-10(14)5-4-6-11(8)15-7-12(13(18)19-3)16-9(2)17/h4-6,12,15H,7H2,1-3H3,(H,16,17).